The number of fused-ring (bicyclic) bond motifs is 1. The molecule has 0 fully saturated rings. The Balaban J connectivity index is 1.63. The zero-order chi connectivity index (χ0) is 20.7. The summed E-state index contributed by atoms with van der Waals surface area (Å²) in [5, 5.41) is 0. The monoisotopic (exact) mass is 397 g/mol. The largest absolute Gasteiger partial charge is 0.490 e. The molecule has 2 heterocycles. The zero-order valence-corrected chi connectivity index (χ0v) is 15.8. The Morgan fingerprint density at radius 2 is 1.96 bits per heavy atom. The van der Waals surface area contributed by atoms with Crippen LogP contribution in [0.5, 0.6) is 11.8 Å². The van der Waals surface area contributed by atoms with Crippen molar-refractivity contribution in [3.8, 4) is 11.8 Å². The minimum Gasteiger partial charge on any atom is -0.490 e. The summed E-state index contributed by atoms with van der Waals surface area (Å²) in [7, 11) is 0. The Kier molecular flexibility index (Phi) is 5.03. The number of imidazole rings is 1. The van der Waals surface area contributed by atoms with Crippen molar-refractivity contribution >= 4 is 5.91 Å². The van der Waals surface area contributed by atoms with Crippen LogP contribution in [0, 0.1) is 0 Å². The van der Waals surface area contributed by atoms with Crippen LogP contribution in [0.3, 0.4) is 0 Å². The molecule has 1 aromatic carbocycles. The van der Waals surface area contributed by atoms with Gasteiger partial charge in [0.25, 0.3) is 11.9 Å². The topological polar surface area (TPSA) is 79.4 Å². The molecule has 1 aliphatic rings. The van der Waals surface area contributed by atoms with Gasteiger partial charge in [0.1, 0.15) is 12.4 Å². The van der Waals surface area contributed by atoms with Gasteiger partial charge in [-0.05, 0) is 38.0 Å². The number of amides is 1. The third kappa shape index (κ3) is 3.53. The van der Waals surface area contributed by atoms with E-state index in [1.54, 1.807) is 4.57 Å². The second kappa shape index (κ2) is 7.03. The number of primary amides is 1. The second-order valence-electron chi connectivity index (χ2n) is 7.22. The van der Waals surface area contributed by atoms with E-state index in [9.17, 15) is 18.0 Å². The van der Waals surface area contributed by atoms with Crippen LogP contribution >= 0.6 is 0 Å². The molecule has 1 aliphatic heterocycles. The quantitative estimate of drug-likeness (QED) is 0.812. The number of alkyl halides is 3. The van der Waals surface area contributed by atoms with Crippen LogP contribution in [0.25, 0.3) is 0 Å². The lowest BCUT2D eigenvalue weighted by Crippen LogP contribution is -2.36. The van der Waals surface area contributed by atoms with Crippen molar-refractivity contribution in [2.45, 2.75) is 51.4 Å². The van der Waals surface area contributed by atoms with Gasteiger partial charge in [-0.1, -0.05) is 19.1 Å². The lowest BCUT2D eigenvalue weighted by molar-refractivity contribution is -0.180. The first-order chi connectivity index (χ1) is 13.0. The number of carbonyl (C=O) groups excluding carboxylic acids is 1. The van der Waals surface area contributed by atoms with Crippen molar-refractivity contribution in [2.24, 2.45) is 5.73 Å². The first-order valence-electron chi connectivity index (χ1n) is 8.90. The smallest absolute Gasteiger partial charge is 0.397 e. The summed E-state index contributed by atoms with van der Waals surface area (Å²) in [6, 6.07) is 6.18. The molecule has 1 atom stereocenters. The molecule has 28 heavy (non-hydrogen) atoms. The predicted molar refractivity (Wildman–Crippen MR) is 95.6 cm³/mol. The number of carbonyl (C=O) groups is 1. The third-order valence-electron chi connectivity index (χ3n) is 4.98. The molecule has 2 aromatic rings. The standard InChI is InChI=1S/C19H22F3N3O3/c1-4-14-15(16(23)26)24-17-25(14)9-13(28-17)10-27-12-7-5-11(6-8-12)18(2,3)19(20,21)22/h5-8,13H,4,9-10H2,1-3H3,(H2,23,26)/t13-/m0/s1. The van der Waals surface area contributed by atoms with E-state index in [-0.39, 0.29) is 24.0 Å². The Bertz CT molecular complexity index is 873. The van der Waals surface area contributed by atoms with E-state index in [2.05, 4.69) is 4.98 Å². The van der Waals surface area contributed by atoms with Crippen molar-refractivity contribution in [2.75, 3.05) is 6.61 Å². The lowest BCUT2D eigenvalue weighted by atomic mass is 9.84. The van der Waals surface area contributed by atoms with E-state index in [1.807, 2.05) is 6.92 Å². The number of hydrogen-bond donors (Lipinski definition) is 1. The van der Waals surface area contributed by atoms with Crippen molar-refractivity contribution in [3.05, 3.63) is 41.2 Å². The summed E-state index contributed by atoms with van der Waals surface area (Å²) >= 11 is 0. The summed E-state index contributed by atoms with van der Waals surface area (Å²) in [6.45, 7) is 4.83. The van der Waals surface area contributed by atoms with E-state index < -0.39 is 17.5 Å². The van der Waals surface area contributed by atoms with Gasteiger partial charge in [-0.15, -0.1) is 0 Å². The fourth-order valence-corrected chi connectivity index (χ4v) is 3.10. The van der Waals surface area contributed by atoms with Crippen LogP contribution in [0.2, 0.25) is 0 Å². The van der Waals surface area contributed by atoms with Gasteiger partial charge < -0.3 is 15.2 Å². The Labute approximate surface area is 160 Å². The molecule has 0 radical (unpaired) electrons. The van der Waals surface area contributed by atoms with E-state index in [0.29, 0.717) is 30.4 Å². The lowest BCUT2D eigenvalue weighted by Gasteiger charge is -2.28. The summed E-state index contributed by atoms with van der Waals surface area (Å²) in [5.41, 5.74) is 4.47. The highest BCUT2D eigenvalue weighted by Gasteiger charge is 2.48. The third-order valence-corrected chi connectivity index (χ3v) is 4.98. The summed E-state index contributed by atoms with van der Waals surface area (Å²) in [4.78, 5) is 15.6. The molecular formula is C19H22F3N3O3. The maximum atomic E-state index is 13.1. The number of ether oxygens (including phenoxy) is 2. The number of rotatable bonds is 6. The van der Waals surface area contributed by atoms with Crippen molar-refractivity contribution in [1.82, 2.24) is 9.55 Å². The van der Waals surface area contributed by atoms with Crippen molar-refractivity contribution < 1.29 is 27.4 Å². The van der Waals surface area contributed by atoms with Crippen LogP contribution in [0.15, 0.2) is 24.3 Å². The molecule has 0 bridgehead atoms. The van der Waals surface area contributed by atoms with Crippen LogP contribution in [-0.4, -0.2) is 34.3 Å². The van der Waals surface area contributed by atoms with E-state index in [4.69, 9.17) is 15.2 Å². The van der Waals surface area contributed by atoms with Gasteiger partial charge >= 0.3 is 6.18 Å². The van der Waals surface area contributed by atoms with Gasteiger partial charge in [0.05, 0.1) is 17.7 Å². The van der Waals surface area contributed by atoms with Gasteiger partial charge in [0, 0.05) is 0 Å². The van der Waals surface area contributed by atoms with Crippen molar-refractivity contribution in [3.63, 3.8) is 0 Å². The highest BCUT2D eigenvalue weighted by Crippen LogP contribution is 2.40. The van der Waals surface area contributed by atoms with Gasteiger partial charge in [-0.25, -0.2) is 0 Å². The number of halogens is 3. The van der Waals surface area contributed by atoms with Crippen LogP contribution < -0.4 is 15.2 Å². The SMILES string of the molecule is CCc1c(C(N)=O)nc2n1C[C@@H](COc1ccc(C(C)(C)C(F)(F)F)cc1)O2. The first kappa shape index (κ1) is 20.0. The molecule has 1 aromatic heterocycles. The van der Waals surface area contributed by atoms with Crippen LogP contribution in [-0.2, 0) is 18.4 Å². The maximum Gasteiger partial charge on any atom is 0.397 e. The fraction of sp³-hybridized carbons (Fsp3) is 0.474. The first-order valence-corrected chi connectivity index (χ1v) is 8.90. The summed E-state index contributed by atoms with van der Waals surface area (Å²) in [6.07, 6.45) is -4.08. The molecule has 152 valence electrons. The van der Waals surface area contributed by atoms with Crippen LogP contribution in [0.1, 0.15) is 42.5 Å². The summed E-state index contributed by atoms with van der Waals surface area (Å²) < 4.78 is 52.5. The molecule has 1 amide bonds. The van der Waals surface area contributed by atoms with Gasteiger partial charge in [0.15, 0.2) is 11.8 Å². The van der Waals surface area contributed by atoms with Crippen molar-refractivity contribution in [1.29, 1.82) is 0 Å². The number of hydrogen-bond acceptors (Lipinski definition) is 4. The molecule has 3 rings (SSSR count). The number of aromatic nitrogens is 2. The average Bonchev–Trinajstić information content (AvgIpc) is 3.16. The predicted octanol–water partition coefficient (Wildman–Crippen LogP) is 3.22. The Morgan fingerprint density at radius 3 is 2.50 bits per heavy atom. The Hall–Kier alpha value is -2.71. The highest BCUT2D eigenvalue weighted by atomic mass is 19.4. The van der Waals surface area contributed by atoms with Gasteiger partial charge in [0.2, 0.25) is 0 Å². The number of nitrogens with two attached hydrogens (primary N) is 1. The van der Waals surface area contributed by atoms with Gasteiger partial charge in [-0.2, -0.15) is 18.2 Å². The molecule has 0 aliphatic carbocycles. The molecular weight excluding hydrogens is 375 g/mol. The molecule has 0 saturated carbocycles. The van der Waals surface area contributed by atoms with E-state index >= 15 is 0 Å². The fourth-order valence-electron chi connectivity index (χ4n) is 3.10. The maximum absolute atomic E-state index is 13.1. The zero-order valence-electron chi connectivity index (χ0n) is 15.8. The molecule has 0 spiro atoms. The summed E-state index contributed by atoms with van der Waals surface area (Å²) in [5.74, 6) is -0.152. The molecule has 0 unspecified atom stereocenters. The average molecular weight is 397 g/mol. The van der Waals surface area contributed by atoms with E-state index in [1.165, 1.54) is 24.3 Å². The van der Waals surface area contributed by atoms with E-state index in [0.717, 1.165) is 13.8 Å². The minimum absolute atomic E-state index is 0.163. The molecule has 2 N–H and O–H groups in total. The number of benzene rings is 1. The Morgan fingerprint density at radius 1 is 1.32 bits per heavy atom. The molecule has 0 saturated heterocycles. The molecule has 6 nitrogen and oxygen atoms in total. The normalized spacial score (nSPS) is 16.6. The number of nitrogens with zero attached hydrogens (tertiary/aromatic N) is 2. The minimum atomic E-state index is -4.34. The molecule has 9 heteroatoms. The van der Waals surface area contributed by atoms with Gasteiger partial charge in [-0.3, -0.25) is 9.36 Å². The van der Waals surface area contributed by atoms with Crippen LogP contribution in [0.4, 0.5) is 13.2 Å². The highest BCUT2D eigenvalue weighted by molar-refractivity contribution is 5.92. The second-order valence-corrected chi connectivity index (χ2v) is 7.22.